The van der Waals surface area contributed by atoms with Gasteiger partial charge in [0.2, 0.25) is 0 Å². The molecule has 0 atom stereocenters. The van der Waals surface area contributed by atoms with Crippen LogP contribution in [0.1, 0.15) is 60.3 Å². The fourth-order valence-corrected chi connectivity index (χ4v) is 3.25. The van der Waals surface area contributed by atoms with Gasteiger partial charge in [-0.05, 0) is 51.4 Å². The topological polar surface area (TPSA) is 29.3 Å². The van der Waals surface area contributed by atoms with Crippen molar-refractivity contribution in [2.45, 2.75) is 71.9 Å². The second-order valence-corrected chi connectivity index (χ2v) is 6.75. The molecule has 0 unspecified atom stereocenters. The standard InChI is InChI=1S/C15H32N2/c1-12(2)10-17(13(3)4)15(11-16)8-6-14(5)7-9-15/h12-14H,6-11,16H2,1-5H3. The van der Waals surface area contributed by atoms with Crippen molar-refractivity contribution in [1.29, 1.82) is 0 Å². The van der Waals surface area contributed by atoms with Crippen molar-refractivity contribution in [1.82, 2.24) is 4.90 Å². The van der Waals surface area contributed by atoms with E-state index in [0.717, 1.165) is 18.4 Å². The molecular weight excluding hydrogens is 208 g/mol. The van der Waals surface area contributed by atoms with Gasteiger partial charge in [-0.15, -0.1) is 0 Å². The highest BCUT2D eigenvalue weighted by molar-refractivity contribution is 4.96. The van der Waals surface area contributed by atoms with Crippen LogP contribution in [0.25, 0.3) is 0 Å². The lowest BCUT2D eigenvalue weighted by Gasteiger charge is -2.50. The predicted molar refractivity (Wildman–Crippen MR) is 76.1 cm³/mol. The minimum atomic E-state index is 0.283. The molecule has 2 N–H and O–H groups in total. The fraction of sp³-hybridized carbons (Fsp3) is 1.00. The maximum absolute atomic E-state index is 6.16. The Bertz CT molecular complexity index is 215. The number of nitrogens with two attached hydrogens (primary N) is 1. The second kappa shape index (κ2) is 6.19. The van der Waals surface area contributed by atoms with Crippen molar-refractivity contribution in [3.05, 3.63) is 0 Å². The van der Waals surface area contributed by atoms with Crippen molar-refractivity contribution < 1.29 is 0 Å². The maximum Gasteiger partial charge on any atom is 0.0334 e. The number of hydrogen-bond acceptors (Lipinski definition) is 2. The lowest BCUT2D eigenvalue weighted by molar-refractivity contribution is 0.0110. The summed E-state index contributed by atoms with van der Waals surface area (Å²) in [6.07, 6.45) is 5.27. The summed E-state index contributed by atoms with van der Waals surface area (Å²) in [7, 11) is 0. The third-order valence-corrected chi connectivity index (χ3v) is 4.38. The van der Waals surface area contributed by atoms with Gasteiger partial charge in [0.25, 0.3) is 0 Å². The first-order valence-corrected chi connectivity index (χ1v) is 7.38. The average Bonchev–Trinajstić information content (AvgIpc) is 2.27. The van der Waals surface area contributed by atoms with Gasteiger partial charge < -0.3 is 5.73 Å². The van der Waals surface area contributed by atoms with Gasteiger partial charge in [-0.25, -0.2) is 0 Å². The Morgan fingerprint density at radius 2 is 1.71 bits per heavy atom. The van der Waals surface area contributed by atoms with Crippen LogP contribution in [-0.2, 0) is 0 Å². The van der Waals surface area contributed by atoms with Crippen molar-refractivity contribution >= 4 is 0 Å². The van der Waals surface area contributed by atoms with Crippen molar-refractivity contribution in [3.63, 3.8) is 0 Å². The minimum absolute atomic E-state index is 0.283. The lowest BCUT2D eigenvalue weighted by Crippen LogP contribution is -2.59. The lowest BCUT2D eigenvalue weighted by atomic mass is 9.75. The van der Waals surface area contributed by atoms with Gasteiger partial charge in [0, 0.05) is 24.7 Å². The Morgan fingerprint density at radius 1 is 1.18 bits per heavy atom. The van der Waals surface area contributed by atoms with Gasteiger partial charge in [-0.3, -0.25) is 4.90 Å². The summed E-state index contributed by atoms with van der Waals surface area (Å²) in [5.74, 6) is 1.61. The summed E-state index contributed by atoms with van der Waals surface area (Å²) in [5.41, 5.74) is 6.44. The van der Waals surface area contributed by atoms with E-state index in [1.807, 2.05) is 0 Å². The Labute approximate surface area is 108 Å². The SMILES string of the molecule is CC(C)CN(C(C)C)C1(CN)CCC(C)CC1. The zero-order valence-corrected chi connectivity index (χ0v) is 12.5. The molecule has 102 valence electrons. The Kier molecular flexibility index (Phi) is 5.46. The average molecular weight is 240 g/mol. The summed E-state index contributed by atoms with van der Waals surface area (Å²) in [5, 5.41) is 0. The quantitative estimate of drug-likeness (QED) is 0.799. The van der Waals surface area contributed by atoms with Gasteiger partial charge in [0.1, 0.15) is 0 Å². The molecule has 1 fully saturated rings. The Morgan fingerprint density at radius 3 is 2.06 bits per heavy atom. The van der Waals surface area contributed by atoms with E-state index in [2.05, 4.69) is 39.5 Å². The van der Waals surface area contributed by atoms with Crippen LogP contribution in [0.2, 0.25) is 0 Å². The molecule has 1 rings (SSSR count). The van der Waals surface area contributed by atoms with E-state index in [1.165, 1.54) is 32.2 Å². The normalized spacial score (nSPS) is 30.5. The molecule has 2 heteroatoms. The molecule has 0 amide bonds. The fourth-order valence-electron chi connectivity index (χ4n) is 3.25. The van der Waals surface area contributed by atoms with Crippen LogP contribution in [0.5, 0.6) is 0 Å². The van der Waals surface area contributed by atoms with Gasteiger partial charge in [-0.1, -0.05) is 20.8 Å². The van der Waals surface area contributed by atoms with Gasteiger partial charge in [-0.2, -0.15) is 0 Å². The van der Waals surface area contributed by atoms with Crippen LogP contribution in [0, 0.1) is 11.8 Å². The van der Waals surface area contributed by atoms with Crippen molar-refractivity contribution in [2.75, 3.05) is 13.1 Å². The molecule has 0 heterocycles. The van der Waals surface area contributed by atoms with E-state index in [-0.39, 0.29) is 5.54 Å². The van der Waals surface area contributed by atoms with Gasteiger partial charge in [0.05, 0.1) is 0 Å². The Balaban J connectivity index is 2.80. The molecule has 0 aliphatic heterocycles. The smallest absolute Gasteiger partial charge is 0.0334 e. The van der Waals surface area contributed by atoms with Crippen LogP contribution in [0.3, 0.4) is 0 Å². The highest BCUT2D eigenvalue weighted by Gasteiger charge is 2.39. The molecule has 2 nitrogen and oxygen atoms in total. The first-order chi connectivity index (χ1) is 7.91. The summed E-state index contributed by atoms with van der Waals surface area (Å²) >= 11 is 0. The highest BCUT2D eigenvalue weighted by atomic mass is 15.2. The van der Waals surface area contributed by atoms with Crippen molar-refractivity contribution in [3.8, 4) is 0 Å². The predicted octanol–water partition coefficient (Wildman–Crippen LogP) is 3.26. The highest BCUT2D eigenvalue weighted by Crippen LogP contribution is 2.37. The number of hydrogen-bond donors (Lipinski definition) is 1. The first-order valence-electron chi connectivity index (χ1n) is 7.38. The molecular formula is C15H32N2. The van der Waals surface area contributed by atoms with E-state index in [9.17, 15) is 0 Å². The van der Waals surface area contributed by atoms with Crippen molar-refractivity contribution in [2.24, 2.45) is 17.6 Å². The van der Waals surface area contributed by atoms with Crippen LogP contribution in [-0.4, -0.2) is 29.6 Å². The summed E-state index contributed by atoms with van der Waals surface area (Å²) in [6.45, 7) is 13.6. The molecule has 0 radical (unpaired) electrons. The van der Waals surface area contributed by atoms with Gasteiger partial charge >= 0.3 is 0 Å². The van der Waals surface area contributed by atoms with Crippen LogP contribution in [0.15, 0.2) is 0 Å². The molecule has 0 aromatic carbocycles. The number of rotatable bonds is 5. The van der Waals surface area contributed by atoms with Gasteiger partial charge in [0.15, 0.2) is 0 Å². The van der Waals surface area contributed by atoms with Crippen LogP contribution >= 0.6 is 0 Å². The molecule has 17 heavy (non-hydrogen) atoms. The minimum Gasteiger partial charge on any atom is -0.329 e. The summed E-state index contributed by atoms with van der Waals surface area (Å²) in [6, 6.07) is 0.606. The van der Waals surface area contributed by atoms with E-state index in [4.69, 9.17) is 5.73 Å². The van der Waals surface area contributed by atoms with E-state index < -0.39 is 0 Å². The van der Waals surface area contributed by atoms with E-state index in [0.29, 0.717) is 6.04 Å². The third kappa shape index (κ3) is 3.69. The molecule has 0 saturated heterocycles. The van der Waals surface area contributed by atoms with Crippen LogP contribution < -0.4 is 5.73 Å². The molecule has 0 aromatic heterocycles. The molecule has 0 aromatic rings. The monoisotopic (exact) mass is 240 g/mol. The third-order valence-electron chi connectivity index (χ3n) is 4.38. The molecule has 1 aliphatic rings. The second-order valence-electron chi connectivity index (χ2n) is 6.75. The number of nitrogens with zero attached hydrogens (tertiary/aromatic N) is 1. The molecule has 1 saturated carbocycles. The first kappa shape index (κ1) is 15.0. The largest absolute Gasteiger partial charge is 0.329 e. The summed E-state index contributed by atoms with van der Waals surface area (Å²) in [4.78, 5) is 2.68. The Hall–Kier alpha value is -0.0800. The zero-order valence-electron chi connectivity index (χ0n) is 12.5. The van der Waals surface area contributed by atoms with Crippen LogP contribution in [0.4, 0.5) is 0 Å². The zero-order chi connectivity index (χ0) is 13.1. The summed E-state index contributed by atoms with van der Waals surface area (Å²) < 4.78 is 0. The molecule has 0 bridgehead atoms. The van der Waals surface area contributed by atoms with E-state index >= 15 is 0 Å². The van der Waals surface area contributed by atoms with E-state index in [1.54, 1.807) is 0 Å². The molecule has 1 aliphatic carbocycles. The molecule has 0 spiro atoms. The maximum atomic E-state index is 6.16.